The summed E-state index contributed by atoms with van der Waals surface area (Å²) >= 11 is 0. The smallest absolute Gasteiger partial charge is 0.347 e. The van der Waals surface area contributed by atoms with Crippen LogP contribution in [0.3, 0.4) is 0 Å². The van der Waals surface area contributed by atoms with Crippen LogP contribution in [-0.4, -0.2) is 30.6 Å². The summed E-state index contributed by atoms with van der Waals surface area (Å²) in [6, 6.07) is 8.38. The van der Waals surface area contributed by atoms with Gasteiger partial charge in [-0.25, -0.2) is 4.79 Å². The average Bonchev–Trinajstić information content (AvgIpc) is 2.53. The minimum absolute atomic E-state index is 0.00789. The number of hydrogen-bond donors (Lipinski definition) is 1. The Morgan fingerprint density at radius 3 is 2.30 bits per heavy atom. The Morgan fingerprint density at radius 2 is 1.78 bits per heavy atom. The molecule has 0 bridgehead atoms. The second kappa shape index (κ2) is 8.79. The van der Waals surface area contributed by atoms with E-state index >= 15 is 0 Å². The second-order valence-corrected chi connectivity index (χ2v) is 5.60. The molecule has 0 fully saturated rings. The highest BCUT2D eigenvalue weighted by molar-refractivity contribution is 5.82. The van der Waals surface area contributed by atoms with Crippen LogP contribution in [0, 0.1) is 17.2 Å². The van der Waals surface area contributed by atoms with Crippen LogP contribution in [-0.2, 0) is 14.3 Å². The molecule has 0 aliphatic heterocycles. The first-order valence-corrected chi connectivity index (χ1v) is 7.46. The third-order valence-corrected chi connectivity index (χ3v) is 3.36. The van der Waals surface area contributed by atoms with Crippen molar-refractivity contribution >= 4 is 11.9 Å². The van der Waals surface area contributed by atoms with Gasteiger partial charge in [0.05, 0.1) is 11.6 Å². The van der Waals surface area contributed by atoms with Gasteiger partial charge < -0.3 is 14.8 Å². The van der Waals surface area contributed by atoms with Crippen LogP contribution in [0.25, 0.3) is 0 Å². The van der Waals surface area contributed by atoms with Gasteiger partial charge in [-0.2, -0.15) is 5.26 Å². The molecule has 6 nitrogen and oxygen atoms in total. The molecule has 0 unspecified atom stereocenters. The lowest BCUT2D eigenvalue weighted by Crippen LogP contribution is -2.39. The molecule has 124 valence electrons. The van der Waals surface area contributed by atoms with Crippen molar-refractivity contribution in [2.75, 3.05) is 6.61 Å². The standard InChI is InChI=1S/C17H22N2O4/c1-11(2)12(3)19-16(20)10-22-17(21)13(4)23-15-7-5-14(9-18)6-8-15/h5-8,11-13H,10H2,1-4H3,(H,19,20)/t12-,13+/m1/s1. The van der Waals surface area contributed by atoms with Crippen molar-refractivity contribution in [1.82, 2.24) is 5.32 Å². The van der Waals surface area contributed by atoms with Gasteiger partial charge in [0.1, 0.15) is 5.75 Å². The second-order valence-electron chi connectivity index (χ2n) is 5.60. The normalized spacial score (nSPS) is 12.9. The van der Waals surface area contributed by atoms with E-state index in [2.05, 4.69) is 5.32 Å². The van der Waals surface area contributed by atoms with Crippen molar-refractivity contribution in [3.8, 4) is 11.8 Å². The molecule has 1 aromatic carbocycles. The van der Waals surface area contributed by atoms with E-state index in [-0.39, 0.29) is 18.6 Å². The summed E-state index contributed by atoms with van der Waals surface area (Å²) in [4.78, 5) is 23.5. The van der Waals surface area contributed by atoms with Gasteiger partial charge in [-0.05, 0) is 44.0 Å². The van der Waals surface area contributed by atoms with Crippen molar-refractivity contribution in [3.63, 3.8) is 0 Å². The van der Waals surface area contributed by atoms with E-state index in [1.165, 1.54) is 6.92 Å². The molecule has 0 spiro atoms. The fourth-order valence-corrected chi connectivity index (χ4v) is 1.58. The van der Waals surface area contributed by atoms with Gasteiger partial charge in [-0.3, -0.25) is 4.79 Å². The Bertz CT molecular complexity index is 575. The van der Waals surface area contributed by atoms with Crippen LogP contribution in [0.5, 0.6) is 5.75 Å². The molecule has 0 saturated carbocycles. The van der Waals surface area contributed by atoms with Crippen molar-refractivity contribution in [2.45, 2.75) is 39.8 Å². The highest BCUT2D eigenvalue weighted by atomic mass is 16.6. The Labute approximate surface area is 136 Å². The lowest BCUT2D eigenvalue weighted by atomic mass is 10.1. The summed E-state index contributed by atoms with van der Waals surface area (Å²) in [6.45, 7) is 7.07. The Hall–Kier alpha value is -2.55. The Kier molecular flexibility index (Phi) is 7.07. The molecule has 0 saturated heterocycles. The first-order valence-electron chi connectivity index (χ1n) is 7.46. The fourth-order valence-electron chi connectivity index (χ4n) is 1.58. The van der Waals surface area contributed by atoms with Crippen molar-refractivity contribution in [3.05, 3.63) is 29.8 Å². The van der Waals surface area contributed by atoms with Crippen LogP contribution in [0.4, 0.5) is 0 Å². The quantitative estimate of drug-likeness (QED) is 0.777. The van der Waals surface area contributed by atoms with Crippen molar-refractivity contribution < 1.29 is 19.1 Å². The number of nitrogens with zero attached hydrogens (tertiary/aromatic N) is 1. The highest BCUT2D eigenvalue weighted by Gasteiger charge is 2.18. The molecule has 1 rings (SSSR count). The van der Waals surface area contributed by atoms with Crippen LogP contribution in [0.2, 0.25) is 0 Å². The van der Waals surface area contributed by atoms with Crippen LogP contribution in [0.15, 0.2) is 24.3 Å². The number of benzene rings is 1. The molecule has 23 heavy (non-hydrogen) atoms. The molecular formula is C17H22N2O4. The molecule has 0 radical (unpaired) electrons. The van der Waals surface area contributed by atoms with Crippen LogP contribution >= 0.6 is 0 Å². The first-order chi connectivity index (χ1) is 10.8. The molecule has 0 heterocycles. The summed E-state index contributed by atoms with van der Waals surface area (Å²) in [6.07, 6.45) is -0.849. The zero-order chi connectivity index (χ0) is 17.4. The average molecular weight is 318 g/mol. The van der Waals surface area contributed by atoms with E-state index in [1.54, 1.807) is 24.3 Å². The Balaban J connectivity index is 2.41. The number of amides is 1. The minimum atomic E-state index is -0.849. The maximum atomic E-state index is 11.8. The first kappa shape index (κ1) is 18.5. The van der Waals surface area contributed by atoms with E-state index in [9.17, 15) is 9.59 Å². The third kappa shape index (κ3) is 6.39. The van der Waals surface area contributed by atoms with E-state index in [0.717, 1.165) is 0 Å². The zero-order valence-corrected chi connectivity index (χ0v) is 13.8. The minimum Gasteiger partial charge on any atom is -0.479 e. The number of nitriles is 1. The Morgan fingerprint density at radius 1 is 1.17 bits per heavy atom. The summed E-state index contributed by atoms with van der Waals surface area (Å²) in [5, 5.41) is 11.5. The lowest BCUT2D eigenvalue weighted by Gasteiger charge is -2.18. The number of rotatable bonds is 7. The number of hydrogen-bond acceptors (Lipinski definition) is 5. The summed E-state index contributed by atoms with van der Waals surface area (Å²) in [5.41, 5.74) is 0.503. The largest absolute Gasteiger partial charge is 0.479 e. The van der Waals surface area contributed by atoms with E-state index in [0.29, 0.717) is 17.2 Å². The lowest BCUT2D eigenvalue weighted by molar-refractivity contribution is -0.154. The van der Waals surface area contributed by atoms with Crippen molar-refractivity contribution in [1.29, 1.82) is 5.26 Å². The number of nitrogens with one attached hydrogen (secondary N) is 1. The van der Waals surface area contributed by atoms with E-state index in [1.807, 2.05) is 26.8 Å². The maximum absolute atomic E-state index is 11.8. The predicted molar refractivity (Wildman–Crippen MR) is 84.6 cm³/mol. The monoisotopic (exact) mass is 318 g/mol. The molecule has 0 aromatic heterocycles. The number of ether oxygens (including phenoxy) is 2. The molecular weight excluding hydrogens is 296 g/mol. The third-order valence-electron chi connectivity index (χ3n) is 3.36. The van der Waals surface area contributed by atoms with Gasteiger partial charge in [0.15, 0.2) is 12.7 Å². The molecule has 0 aliphatic carbocycles. The molecule has 1 amide bonds. The van der Waals surface area contributed by atoms with E-state index < -0.39 is 12.1 Å². The molecule has 1 N–H and O–H groups in total. The SMILES string of the molecule is CC(C)[C@@H](C)NC(=O)COC(=O)[C@H](C)Oc1ccc(C#N)cc1. The molecule has 2 atom stereocenters. The summed E-state index contributed by atoms with van der Waals surface area (Å²) in [7, 11) is 0. The van der Waals surface area contributed by atoms with E-state index in [4.69, 9.17) is 14.7 Å². The van der Waals surface area contributed by atoms with Gasteiger partial charge in [0.25, 0.3) is 5.91 Å². The number of carbonyl (C=O) groups excluding carboxylic acids is 2. The summed E-state index contributed by atoms with van der Waals surface area (Å²) in [5.74, 6) is -0.216. The fraction of sp³-hybridized carbons (Fsp3) is 0.471. The molecule has 1 aromatic rings. The van der Waals surface area contributed by atoms with Gasteiger partial charge >= 0.3 is 5.97 Å². The highest BCUT2D eigenvalue weighted by Crippen LogP contribution is 2.13. The van der Waals surface area contributed by atoms with Gasteiger partial charge in [0, 0.05) is 6.04 Å². The molecule has 0 aliphatic rings. The van der Waals surface area contributed by atoms with Crippen molar-refractivity contribution in [2.24, 2.45) is 5.92 Å². The summed E-state index contributed by atoms with van der Waals surface area (Å²) < 4.78 is 10.3. The number of carbonyl (C=O) groups is 2. The zero-order valence-electron chi connectivity index (χ0n) is 13.8. The topological polar surface area (TPSA) is 88.4 Å². The number of esters is 1. The van der Waals surface area contributed by atoms with Gasteiger partial charge in [-0.1, -0.05) is 13.8 Å². The van der Waals surface area contributed by atoms with Crippen LogP contribution < -0.4 is 10.1 Å². The maximum Gasteiger partial charge on any atom is 0.347 e. The van der Waals surface area contributed by atoms with Gasteiger partial charge in [-0.15, -0.1) is 0 Å². The predicted octanol–water partition coefficient (Wildman–Crippen LogP) is 2.03. The van der Waals surface area contributed by atoms with Crippen LogP contribution in [0.1, 0.15) is 33.3 Å². The van der Waals surface area contributed by atoms with Gasteiger partial charge in [0.2, 0.25) is 0 Å². The molecule has 6 heteroatoms.